The van der Waals surface area contributed by atoms with Crippen LogP contribution in [0, 0.1) is 0 Å². The summed E-state index contributed by atoms with van der Waals surface area (Å²) in [6.45, 7) is 4.75. The van der Waals surface area contributed by atoms with Gasteiger partial charge in [-0.05, 0) is 49.4 Å². The lowest BCUT2D eigenvalue weighted by Gasteiger charge is -2.30. The molecule has 1 heterocycles. The summed E-state index contributed by atoms with van der Waals surface area (Å²) in [6.07, 6.45) is 0. The second-order valence-corrected chi connectivity index (χ2v) is 7.83. The monoisotopic (exact) mass is 434 g/mol. The summed E-state index contributed by atoms with van der Waals surface area (Å²) in [4.78, 5) is 27.8. The van der Waals surface area contributed by atoms with Crippen LogP contribution in [-0.4, -0.2) is 50.5 Å². The van der Waals surface area contributed by atoms with E-state index in [9.17, 15) is 9.59 Å². The number of benzene rings is 2. The lowest BCUT2D eigenvalue weighted by atomic mass is 10.1. The molecule has 8 heteroatoms. The van der Waals surface area contributed by atoms with Gasteiger partial charge in [-0.15, -0.1) is 11.8 Å². The molecule has 1 aliphatic rings. The molecule has 1 saturated heterocycles. The van der Waals surface area contributed by atoms with Crippen molar-refractivity contribution in [3.05, 3.63) is 53.1 Å². The Kier molecular flexibility index (Phi) is 7.80. The van der Waals surface area contributed by atoms with E-state index in [1.54, 1.807) is 31.2 Å². The van der Waals surface area contributed by atoms with Crippen LogP contribution in [0.2, 0.25) is 5.02 Å². The molecule has 2 aromatic carbocycles. The minimum Gasteiger partial charge on any atom is -0.462 e. The van der Waals surface area contributed by atoms with Gasteiger partial charge in [0.2, 0.25) is 5.91 Å². The Bertz CT molecular complexity index is 854. The van der Waals surface area contributed by atoms with Gasteiger partial charge >= 0.3 is 5.97 Å². The van der Waals surface area contributed by atoms with E-state index in [4.69, 9.17) is 21.1 Å². The molecule has 1 N–H and O–H groups in total. The molecule has 1 amide bonds. The topological polar surface area (TPSA) is 67.9 Å². The van der Waals surface area contributed by atoms with Crippen molar-refractivity contribution in [1.29, 1.82) is 0 Å². The van der Waals surface area contributed by atoms with Gasteiger partial charge in [0.25, 0.3) is 0 Å². The fourth-order valence-electron chi connectivity index (χ4n) is 2.92. The number of hydrogen-bond donors (Lipinski definition) is 1. The Labute approximate surface area is 179 Å². The van der Waals surface area contributed by atoms with E-state index in [0.29, 0.717) is 36.1 Å². The largest absolute Gasteiger partial charge is 0.462 e. The predicted molar refractivity (Wildman–Crippen MR) is 116 cm³/mol. The summed E-state index contributed by atoms with van der Waals surface area (Å²) < 4.78 is 10.5. The number of nitrogens with zero attached hydrogens (tertiary/aromatic N) is 1. The van der Waals surface area contributed by atoms with Crippen molar-refractivity contribution in [1.82, 2.24) is 0 Å². The van der Waals surface area contributed by atoms with Gasteiger partial charge in [0.05, 0.1) is 42.5 Å². The molecule has 0 saturated carbocycles. The summed E-state index contributed by atoms with van der Waals surface area (Å²) in [7, 11) is 0. The fourth-order valence-corrected chi connectivity index (χ4v) is 3.75. The number of ether oxygens (including phenoxy) is 2. The van der Waals surface area contributed by atoms with Crippen molar-refractivity contribution in [2.24, 2.45) is 0 Å². The number of carbonyl (C=O) groups is 2. The molecule has 1 fully saturated rings. The fraction of sp³-hybridized carbons (Fsp3) is 0.333. The van der Waals surface area contributed by atoms with E-state index in [-0.39, 0.29) is 11.7 Å². The van der Waals surface area contributed by atoms with Crippen LogP contribution in [-0.2, 0) is 14.3 Å². The Hall–Kier alpha value is -2.22. The molecule has 0 spiro atoms. The first-order valence-corrected chi connectivity index (χ1v) is 10.7. The molecule has 29 heavy (non-hydrogen) atoms. The number of hydrogen-bond acceptors (Lipinski definition) is 6. The number of halogens is 1. The minimum atomic E-state index is -0.410. The second kappa shape index (κ2) is 10.5. The summed E-state index contributed by atoms with van der Waals surface area (Å²) in [5, 5.41) is 3.61. The van der Waals surface area contributed by atoms with Crippen molar-refractivity contribution < 1.29 is 19.1 Å². The Morgan fingerprint density at radius 2 is 1.90 bits per heavy atom. The van der Waals surface area contributed by atoms with Gasteiger partial charge in [0, 0.05) is 23.0 Å². The third-order valence-electron chi connectivity index (χ3n) is 4.32. The number of morpholine rings is 1. The molecule has 0 radical (unpaired) electrons. The van der Waals surface area contributed by atoms with Gasteiger partial charge in [0.15, 0.2) is 0 Å². The van der Waals surface area contributed by atoms with Crippen LogP contribution >= 0.6 is 23.4 Å². The molecule has 3 rings (SSSR count). The predicted octanol–water partition coefficient (Wildman–Crippen LogP) is 4.08. The number of carbonyl (C=O) groups excluding carboxylic acids is 2. The number of amides is 1. The first-order valence-electron chi connectivity index (χ1n) is 9.39. The molecular weight excluding hydrogens is 412 g/mol. The second-order valence-electron chi connectivity index (χ2n) is 6.34. The maximum Gasteiger partial charge on any atom is 0.338 e. The number of anilines is 2. The molecule has 0 unspecified atom stereocenters. The van der Waals surface area contributed by atoms with E-state index in [1.807, 2.05) is 18.2 Å². The molecule has 154 valence electrons. The maximum absolute atomic E-state index is 12.6. The van der Waals surface area contributed by atoms with Crippen molar-refractivity contribution >= 4 is 46.6 Å². The van der Waals surface area contributed by atoms with Crippen LogP contribution in [0.3, 0.4) is 0 Å². The van der Waals surface area contributed by atoms with E-state index >= 15 is 0 Å². The highest BCUT2D eigenvalue weighted by atomic mass is 35.5. The summed E-state index contributed by atoms with van der Waals surface area (Å²) in [5.74, 6) is -0.319. The maximum atomic E-state index is 12.6. The highest BCUT2D eigenvalue weighted by Crippen LogP contribution is 2.29. The Balaban J connectivity index is 1.74. The van der Waals surface area contributed by atoms with E-state index in [0.717, 1.165) is 23.7 Å². The van der Waals surface area contributed by atoms with Crippen LogP contribution < -0.4 is 10.2 Å². The number of rotatable bonds is 7. The molecule has 0 aliphatic carbocycles. The normalized spacial score (nSPS) is 13.8. The third kappa shape index (κ3) is 6.13. The zero-order chi connectivity index (χ0) is 20.6. The lowest BCUT2D eigenvalue weighted by Crippen LogP contribution is -2.37. The summed E-state index contributed by atoms with van der Waals surface area (Å²) >= 11 is 7.32. The van der Waals surface area contributed by atoms with Crippen molar-refractivity contribution in [3.63, 3.8) is 0 Å². The summed E-state index contributed by atoms with van der Waals surface area (Å²) in [6, 6.07) is 12.6. The highest BCUT2D eigenvalue weighted by molar-refractivity contribution is 8.00. The van der Waals surface area contributed by atoms with Crippen molar-refractivity contribution in [3.8, 4) is 0 Å². The van der Waals surface area contributed by atoms with Crippen LogP contribution in [0.4, 0.5) is 11.4 Å². The lowest BCUT2D eigenvalue weighted by molar-refractivity contribution is -0.113. The van der Waals surface area contributed by atoms with Crippen LogP contribution in [0.15, 0.2) is 47.4 Å². The average molecular weight is 435 g/mol. The SMILES string of the molecule is CCOC(=O)c1ccc(N2CCOCC2)c(NC(=O)CSc2ccc(Cl)cc2)c1. The smallest absolute Gasteiger partial charge is 0.338 e. The molecule has 6 nitrogen and oxygen atoms in total. The summed E-state index contributed by atoms with van der Waals surface area (Å²) in [5.41, 5.74) is 1.87. The standard InChI is InChI=1S/C21H23ClN2O4S/c1-2-28-21(26)15-3-8-19(24-9-11-27-12-10-24)18(13-15)23-20(25)14-29-17-6-4-16(22)5-7-17/h3-8,13H,2,9-12,14H2,1H3,(H,23,25). The van der Waals surface area contributed by atoms with Gasteiger partial charge in [-0.2, -0.15) is 0 Å². The number of thioether (sulfide) groups is 1. The zero-order valence-corrected chi connectivity index (χ0v) is 17.7. The Morgan fingerprint density at radius 3 is 2.59 bits per heavy atom. The van der Waals surface area contributed by atoms with Crippen LogP contribution in [0.1, 0.15) is 17.3 Å². The number of esters is 1. The van der Waals surface area contributed by atoms with Crippen LogP contribution in [0.25, 0.3) is 0 Å². The van der Waals surface area contributed by atoms with E-state index < -0.39 is 5.97 Å². The van der Waals surface area contributed by atoms with E-state index in [2.05, 4.69) is 10.2 Å². The first-order chi connectivity index (χ1) is 14.1. The van der Waals surface area contributed by atoms with Crippen molar-refractivity contribution in [2.75, 3.05) is 48.9 Å². The van der Waals surface area contributed by atoms with Gasteiger partial charge in [-0.1, -0.05) is 11.6 Å². The van der Waals surface area contributed by atoms with Crippen LogP contribution in [0.5, 0.6) is 0 Å². The quantitative estimate of drug-likeness (QED) is 0.523. The molecule has 0 atom stereocenters. The van der Waals surface area contributed by atoms with Crippen molar-refractivity contribution in [2.45, 2.75) is 11.8 Å². The zero-order valence-electron chi connectivity index (χ0n) is 16.2. The van der Waals surface area contributed by atoms with Gasteiger partial charge in [-0.25, -0.2) is 4.79 Å². The molecule has 1 aliphatic heterocycles. The first kappa shape index (κ1) is 21.5. The van der Waals surface area contributed by atoms with Gasteiger partial charge in [-0.3, -0.25) is 4.79 Å². The highest BCUT2D eigenvalue weighted by Gasteiger charge is 2.19. The van der Waals surface area contributed by atoms with E-state index in [1.165, 1.54) is 11.8 Å². The van der Waals surface area contributed by atoms with Gasteiger partial charge < -0.3 is 19.7 Å². The average Bonchev–Trinajstić information content (AvgIpc) is 2.74. The Morgan fingerprint density at radius 1 is 1.17 bits per heavy atom. The minimum absolute atomic E-state index is 0.152. The molecule has 2 aromatic rings. The number of nitrogens with one attached hydrogen (secondary N) is 1. The third-order valence-corrected chi connectivity index (χ3v) is 5.58. The molecule has 0 aromatic heterocycles. The van der Waals surface area contributed by atoms with Gasteiger partial charge in [0.1, 0.15) is 0 Å². The molecule has 0 bridgehead atoms. The molecular formula is C21H23ClN2O4S.